The zero-order chi connectivity index (χ0) is 14.5. The number of benzene rings is 1. The van der Waals surface area contributed by atoms with Gasteiger partial charge in [0.15, 0.2) is 6.61 Å². The van der Waals surface area contributed by atoms with Gasteiger partial charge in [0.1, 0.15) is 17.4 Å². The highest BCUT2D eigenvalue weighted by atomic mass is 35.5. The Hall–Kier alpha value is -2.07. The van der Waals surface area contributed by atoms with E-state index in [0.717, 1.165) is 5.39 Å². The minimum atomic E-state index is -0.462. The monoisotopic (exact) mass is 291 g/mol. The molecule has 1 aromatic carbocycles. The van der Waals surface area contributed by atoms with Crippen LogP contribution < -0.4 is 4.74 Å². The van der Waals surface area contributed by atoms with E-state index < -0.39 is 5.97 Å². The lowest BCUT2D eigenvalue weighted by molar-refractivity contribution is -0.148. The Labute approximate surface area is 122 Å². The summed E-state index contributed by atoms with van der Waals surface area (Å²) in [6.07, 6.45) is 2.84. The van der Waals surface area contributed by atoms with Crippen molar-refractivity contribution in [1.82, 2.24) is 4.98 Å². The molecule has 0 N–H and O–H groups in total. The molecule has 5 heteroatoms. The lowest BCUT2D eigenvalue weighted by Gasteiger charge is -2.11. The molecule has 0 aliphatic rings. The van der Waals surface area contributed by atoms with Crippen molar-refractivity contribution in [3.8, 4) is 5.75 Å². The summed E-state index contributed by atoms with van der Waals surface area (Å²) in [6.45, 7) is 5.08. The lowest BCUT2D eigenvalue weighted by atomic mass is 10.2. The average molecular weight is 292 g/mol. The van der Waals surface area contributed by atoms with Gasteiger partial charge < -0.3 is 9.47 Å². The van der Waals surface area contributed by atoms with Crippen LogP contribution in [0.2, 0.25) is 5.02 Å². The summed E-state index contributed by atoms with van der Waals surface area (Å²) in [6, 6.07) is 7.02. The predicted molar refractivity (Wildman–Crippen MR) is 78.0 cm³/mol. The fraction of sp³-hybridized carbons (Fsp3) is 0.200. The van der Waals surface area contributed by atoms with Crippen LogP contribution in [0.15, 0.2) is 43.1 Å². The summed E-state index contributed by atoms with van der Waals surface area (Å²) in [5.41, 5.74) is 0.615. The minimum absolute atomic E-state index is 0.189. The van der Waals surface area contributed by atoms with Crippen LogP contribution in [0.5, 0.6) is 5.75 Å². The van der Waals surface area contributed by atoms with Crippen LogP contribution in [0.25, 0.3) is 10.9 Å². The van der Waals surface area contributed by atoms with Crippen LogP contribution in [0.4, 0.5) is 0 Å². The van der Waals surface area contributed by atoms with Gasteiger partial charge >= 0.3 is 5.97 Å². The molecule has 0 aliphatic heterocycles. The molecule has 0 amide bonds. The first-order chi connectivity index (χ1) is 9.61. The Balaban J connectivity index is 2.13. The second-order valence-electron chi connectivity index (χ2n) is 4.16. The highest BCUT2D eigenvalue weighted by Crippen LogP contribution is 2.29. The second-order valence-corrected chi connectivity index (χ2v) is 4.57. The summed E-state index contributed by atoms with van der Waals surface area (Å²) in [7, 11) is 0. The van der Waals surface area contributed by atoms with E-state index in [4.69, 9.17) is 21.1 Å². The topological polar surface area (TPSA) is 48.4 Å². The maximum atomic E-state index is 11.5. The highest BCUT2D eigenvalue weighted by Gasteiger charge is 2.11. The summed E-state index contributed by atoms with van der Waals surface area (Å²) in [5, 5.41) is 1.36. The third-order valence-corrected chi connectivity index (χ3v) is 3.00. The van der Waals surface area contributed by atoms with Gasteiger partial charge in [-0.3, -0.25) is 4.98 Å². The van der Waals surface area contributed by atoms with E-state index in [0.29, 0.717) is 16.3 Å². The third kappa shape index (κ3) is 3.27. The van der Waals surface area contributed by atoms with E-state index in [9.17, 15) is 4.79 Å². The molecule has 1 aromatic heterocycles. The molecule has 0 fully saturated rings. The van der Waals surface area contributed by atoms with Crippen LogP contribution in [0.3, 0.4) is 0 Å². The highest BCUT2D eigenvalue weighted by molar-refractivity contribution is 6.35. The molecule has 1 heterocycles. The van der Waals surface area contributed by atoms with Gasteiger partial charge in [-0.2, -0.15) is 0 Å². The molecule has 1 unspecified atom stereocenters. The van der Waals surface area contributed by atoms with Gasteiger partial charge in [-0.05, 0) is 31.2 Å². The van der Waals surface area contributed by atoms with Crippen LogP contribution in [-0.2, 0) is 9.53 Å². The first kappa shape index (κ1) is 14.3. The van der Waals surface area contributed by atoms with E-state index >= 15 is 0 Å². The summed E-state index contributed by atoms with van der Waals surface area (Å²) >= 11 is 6.08. The van der Waals surface area contributed by atoms with Gasteiger partial charge in [0.2, 0.25) is 0 Å². The number of ether oxygens (including phenoxy) is 2. The van der Waals surface area contributed by atoms with Crippen LogP contribution >= 0.6 is 11.6 Å². The van der Waals surface area contributed by atoms with Crippen molar-refractivity contribution in [2.24, 2.45) is 0 Å². The molecule has 0 saturated heterocycles. The number of nitrogens with zero attached hydrogens (tertiary/aromatic N) is 1. The van der Waals surface area contributed by atoms with Crippen LogP contribution in [0.1, 0.15) is 6.92 Å². The van der Waals surface area contributed by atoms with Gasteiger partial charge in [-0.15, -0.1) is 0 Å². The number of halogens is 1. The number of carbonyl (C=O) groups excluding carboxylic acids is 1. The second kappa shape index (κ2) is 6.39. The maximum Gasteiger partial charge on any atom is 0.344 e. The Morgan fingerprint density at radius 3 is 3.05 bits per heavy atom. The van der Waals surface area contributed by atoms with E-state index in [-0.39, 0.29) is 12.7 Å². The van der Waals surface area contributed by atoms with Gasteiger partial charge in [-0.25, -0.2) is 4.79 Å². The number of rotatable bonds is 5. The fourth-order valence-electron chi connectivity index (χ4n) is 1.65. The molecule has 4 nitrogen and oxygen atoms in total. The van der Waals surface area contributed by atoms with Gasteiger partial charge in [-0.1, -0.05) is 24.3 Å². The molecule has 0 radical (unpaired) electrons. The van der Waals surface area contributed by atoms with Crippen molar-refractivity contribution in [3.05, 3.63) is 48.1 Å². The Morgan fingerprint density at radius 2 is 2.30 bits per heavy atom. The number of carbonyl (C=O) groups is 1. The number of aromatic nitrogens is 1. The number of hydrogen-bond acceptors (Lipinski definition) is 4. The van der Waals surface area contributed by atoms with Crippen molar-refractivity contribution in [1.29, 1.82) is 0 Å². The predicted octanol–water partition coefficient (Wildman–Crippen LogP) is 3.38. The number of pyridine rings is 1. The minimum Gasteiger partial charge on any atom is -0.480 e. The Bertz CT molecular complexity index is 642. The molecule has 2 rings (SSSR count). The number of fused-ring (bicyclic) bond motifs is 1. The van der Waals surface area contributed by atoms with Crippen LogP contribution in [-0.4, -0.2) is 23.7 Å². The molecular weight excluding hydrogens is 278 g/mol. The Kier molecular flexibility index (Phi) is 4.58. The first-order valence-electron chi connectivity index (χ1n) is 6.10. The van der Waals surface area contributed by atoms with Crippen molar-refractivity contribution >= 4 is 28.5 Å². The molecule has 0 aliphatic carbocycles. The first-order valence-corrected chi connectivity index (χ1v) is 6.47. The Morgan fingerprint density at radius 1 is 1.50 bits per heavy atom. The van der Waals surface area contributed by atoms with Crippen molar-refractivity contribution in [2.75, 3.05) is 6.61 Å². The summed E-state index contributed by atoms with van der Waals surface area (Å²) in [4.78, 5) is 15.8. The molecule has 1 atom stereocenters. The van der Waals surface area contributed by atoms with E-state index in [2.05, 4.69) is 11.6 Å². The normalized spacial score (nSPS) is 11.9. The molecule has 0 spiro atoms. The molecule has 0 bridgehead atoms. The van der Waals surface area contributed by atoms with Crippen molar-refractivity contribution in [2.45, 2.75) is 13.0 Å². The zero-order valence-electron chi connectivity index (χ0n) is 11.0. The summed E-state index contributed by atoms with van der Waals surface area (Å²) in [5.74, 6) is 0.0321. The van der Waals surface area contributed by atoms with Gasteiger partial charge in [0.05, 0.1) is 5.02 Å². The van der Waals surface area contributed by atoms with Gasteiger partial charge in [0.25, 0.3) is 0 Å². The van der Waals surface area contributed by atoms with E-state index in [1.54, 1.807) is 31.3 Å². The lowest BCUT2D eigenvalue weighted by Crippen LogP contribution is -2.19. The molecule has 2 aromatic rings. The zero-order valence-corrected chi connectivity index (χ0v) is 11.8. The molecule has 104 valence electrons. The smallest absolute Gasteiger partial charge is 0.344 e. The maximum absolute atomic E-state index is 11.5. The quantitative estimate of drug-likeness (QED) is 0.626. The summed E-state index contributed by atoms with van der Waals surface area (Å²) < 4.78 is 10.5. The van der Waals surface area contributed by atoms with Crippen molar-refractivity contribution in [3.63, 3.8) is 0 Å². The molecular formula is C15H14ClNO3. The largest absolute Gasteiger partial charge is 0.480 e. The van der Waals surface area contributed by atoms with Crippen LogP contribution in [0, 0.1) is 0 Å². The number of esters is 1. The van der Waals surface area contributed by atoms with E-state index in [1.165, 1.54) is 6.08 Å². The standard InChI is InChI=1S/C15H14ClNO3/c1-3-10(2)20-14(18)9-19-13-7-6-12(16)11-5-4-8-17-15(11)13/h3-8,10H,1,9H2,2H3. The molecule has 0 saturated carbocycles. The number of hydrogen-bond donors (Lipinski definition) is 0. The SMILES string of the molecule is C=CC(C)OC(=O)COc1ccc(Cl)c2cccnc12. The molecule has 20 heavy (non-hydrogen) atoms. The fourth-order valence-corrected chi connectivity index (χ4v) is 1.87. The van der Waals surface area contributed by atoms with Crippen molar-refractivity contribution < 1.29 is 14.3 Å². The average Bonchev–Trinajstić information content (AvgIpc) is 2.46. The van der Waals surface area contributed by atoms with E-state index in [1.807, 2.05) is 6.07 Å². The third-order valence-electron chi connectivity index (χ3n) is 2.67. The van der Waals surface area contributed by atoms with Gasteiger partial charge in [0, 0.05) is 11.6 Å².